The molecule has 1 aliphatic rings. The molecule has 1 fully saturated rings. The second-order valence-corrected chi connectivity index (χ2v) is 7.85. The molecule has 8 heteroatoms. The smallest absolute Gasteiger partial charge is 0.253 e. The van der Waals surface area contributed by atoms with Crippen molar-refractivity contribution in [1.82, 2.24) is 5.32 Å². The summed E-state index contributed by atoms with van der Waals surface area (Å²) in [6.45, 7) is 2.11. The average molecular weight is 382 g/mol. The van der Waals surface area contributed by atoms with Crippen LogP contribution in [-0.4, -0.2) is 20.4 Å². The van der Waals surface area contributed by atoms with Crippen LogP contribution in [0, 0.1) is 5.92 Å². The molecule has 1 aromatic rings. The molecule has 3 N–H and O–H groups in total. The van der Waals surface area contributed by atoms with Gasteiger partial charge in [0.2, 0.25) is 10.0 Å². The number of amides is 1. The van der Waals surface area contributed by atoms with E-state index in [9.17, 15) is 13.2 Å². The second-order valence-electron chi connectivity index (χ2n) is 5.05. The van der Waals surface area contributed by atoms with Gasteiger partial charge in [0.25, 0.3) is 5.91 Å². The van der Waals surface area contributed by atoms with Crippen molar-refractivity contribution in [3.8, 4) is 0 Å². The molecule has 5 nitrogen and oxygen atoms in total. The van der Waals surface area contributed by atoms with Crippen LogP contribution in [-0.2, 0) is 10.0 Å². The van der Waals surface area contributed by atoms with Gasteiger partial charge in [0.05, 0.1) is 15.5 Å². The minimum atomic E-state index is -3.92. The molecule has 0 aromatic heterocycles. The molecule has 0 unspecified atom stereocenters. The topological polar surface area (TPSA) is 89.3 Å². The standard InChI is InChI=1S/C12H14BrClN2O3S/c1-6-2-7(3-6)16-12(17)8-4-11(20(15,18)19)9(13)5-10(8)14/h4-7H,2-3H2,1H3,(H,16,17)(H2,15,18,19). The number of primary sulfonamides is 1. The third-order valence-corrected chi connectivity index (χ3v) is 5.46. The van der Waals surface area contributed by atoms with Gasteiger partial charge < -0.3 is 5.32 Å². The fourth-order valence-electron chi connectivity index (χ4n) is 2.20. The van der Waals surface area contributed by atoms with Crippen LogP contribution in [0.4, 0.5) is 0 Å². The van der Waals surface area contributed by atoms with Gasteiger partial charge in [-0.2, -0.15) is 0 Å². The first kappa shape index (κ1) is 15.8. The predicted octanol–water partition coefficient (Wildman–Crippen LogP) is 2.28. The number of sulfonamides is 1. The van der Waals surface area contributed by atoms with Gasteiger partial charge >= 0.3 is 0 Å². The molecule has 110 valence electrons. The number of nitrogens with one attached hydrogen (secondary N) is 1. The normalized spacial score (nSPS) is 22.2. The number of carbonyl (C=O) groups excluding carboxylic acids is 1. The van der Waals surface area contributed by atoms with E-state index in [1.165, 1.54) is 12.1 Å². The monoisotopic (exact) mass is 380 g/mol. The molecule has 0 radical (unpaired) electrons. The molecule has 1 aliphatic carbocycles. The number of benzene rings is 1. The fraction of sp³-hybridized carbons (Fsp3) is 0.417. The molecule has 1 amide bonds. The minimum Gasteiger partial charge on any atom is -0.349 e. The van der Waals surface area contributed by atoms with Crippen molar-refractivity contribution < 1.29 is 13.2 Å². The number of hydrogen-bond donors (Lipinski definition) is 2. The van der Waals surface area contributed by atoms with E-state index in [-0.39, 0.29) is 31.9 Å². The molecular weight excluding hydrogens is 368 g/mol. The van der Waals surface area contributed by atoms with E-state index in [1.54, 1.807) is 0 Å². The van der Waals surface area contributed by atoms with E-state index in [0.717, 1.165) is 12.8 Å². The van der Waals surface area contributed by atoms with Crippen molar-refractivity contribution in [2.45, 2.75) is 30.7 Å². The summed E-state index contributed by atoms with van der Waals surface area (Å²) in [7, 11) is -3.92. The molecule has 20 heavy (non-hydrogen) atoms. The van der Waals surface area contributed by atoms with E-state index in [2.05, 4.69) is 28.2 Å². The van der Waals surface area contributed by atoms with Gasteiger partial charge in [-0.1, -0.05) is 18.5 Å². The van der Waals surface area contributed by atoms with Crippen molar-refractivity contribution in [3.05, 3.63) is 27.2 Å². The van der Waals surface area contributed by atoms with E-state index in [0.29, 0.717) is 5.92 Å². The average Bonchev–Trinajstić information content (AvgIpc) is 2.24. The van der Waals surface area contributed by atoms with Gasteiger partial charge in [-0.05, 0) is 46.8 Å². The molecule has 0 bridgehead atoms. The van der Waals surface area contributed by atoms with E-state index in [4.69, 9.17) is 16.7 Å². The highest BCUT2D eigenvalue weighted by Crippen LogP contribution is 2.30. The van der Waals surface area contributed by atoms with Gasteiger partial charge in [0.15, 0.2) is 0 Å². The minimum absolute atomic E-state index is 0.110. The summed E-state index contributed by atoms with van der Waals surface area (Å²) >= 11 is 9.07. The number of rotatable bonds is 3. The van der Waals surface area contributed by atoms with Gasteiger partial charge in [0.1, 0.15) is 0 Å². The zero-order valence-electron chi connectivity index (χ0n) is 10.7. The highest BCUT2D eigenvalue weighted by Gasteiger charge is 2.28. The Morgan fingerprint density at radius 2 is 2.05 bits per heavy atom. The lowest BCUT2D eigenvalue weighted by atomic mass is 9.82. The first-order valence-corrected chi connectivity index (χ1v) is 8.73. The lowest BCUT2D eigenvalue weighted by Crippen LogP contribution is -2.43. The third-order valence-electron chi connectivity index (χ3n) is 3.28. The Morgan fingerprint density at radius 1 is 1.45 bits per heavy atom. The van der Waals surface area contributed by atoms with Crippen molar-refractivity contribution in [2.75, 3.05) is 0 Å². The lowest BCUT2D eigenvalue weighted by molar-refractivity contribution is 0.0896. The maximum Gasteiger partial charge on any atom is 0.253 e. The summed E-state index contributed by atoms with van der Waals surface area (Å²) in [5.74, 6) is 0.213. The van der Waals surface area contributed by atoms with Crippen molar-refractivity contribution >= 4 is 43.5 Å². The summed E-state index contributed by atoms with van der Waals surface area (Å²) in [6, 6.07) is 2.67. The molecule has 1 aromatic carbocycles. The first-order chi connectivity index (χ1) is 9.18. The highest BCUT2D eigenvalue weighted by atomic mass is 79.9. The van der Waals surface area contributed by atoms with Crippen molar-refractivity contribution in [2.24, 2.45) is 11.1 Å². The fourth-order valence-corrected chi connectivity index (χ4v) is 4.22. The van der Waals surface area contributed by atoms with Gasteiger partial charge in [0, 0.05) is 10.5 Å². The Hall–Kier alpha value is -0.630. The quantitative estimate of drug-likeness (QED) is 0.841. The van der Waals surface area contributed by atoms with Gasteiger partial charge in [-0.25, -0.2) is 13.6 Å². The maximum atomic E-state index is 12.1. The predicted molar refractivity (Wildman–Crippen MR) is 80.2 cm³/mol. The zero-order chi connectivity index (χ0) is 15.1. The van der Waals surface area contributed by atoms with E-state index in [1.807, 2.05) is 0 Å². The molecular formula is C12H14BrClN2O3S. The van der Waals surface area contributed by atoms with Crippen LogP contribution in [0.2, 0.25) is 5.02 Å². The number of carbonyl (C=O) groups is 1. The van der Waals surface area contributed by atoms with Gasteiger partial charge in [-0.15, -0.1) is 0 Å². The highest BCUT2D eigenvalue weighted by molar-refractivity contribution is 9.10. The molecule has 0 atom stereocenters. The summed E-state index contributed by atoms with van der Waals surface area (Å²) < 4.78 is 23.1. The first-order valence-electron chi connectivity index (χ1n) is 6.01. The van der Waals surface area contributed by atoms with Crippen LogP contribution in [0.25, 0.3) is 0 Å². The largest absolute Gasteiger partial charge is 0.349 e. The van der Waals surface area contributed by atoms with Crippen LogP contribution < -0.4 is 10.5 Å². The van der Waals surface area contributed by atoms with Crippen molar-refractivity contribution in [1.29, 1.82) is 0 Å². The van der Waals surface area contributed by atoms with E-state index >= 15 is 0 Å². The molecule has 2 rings (SSSR count). The van der Waals surface area contributed by atoms with E-state index < -0.39 is 10.0 Å². The molecule has 0 saturated heterocycles. The van der Waals surface area contributed by atoms with Gasteiger partial charge in [-0.3, -0.25) is 4.79 Å². The lowest BCUT2D eigenvalue weighted by Gasteiger charge is -2.33. The van der Waals surface area contributed by atoms with Crippen LogP contribution in [0.1, 0.15) is 30.1 Å². The Balaban J connectivity index is 2.29. The van der Waals surface area contributed by atoms with Crippen LogP contribution >= 0.6 is 27.5 Å². The molecule has 0 heterocycles. The number of halogens is 2. The van der Waals surface area contributed by atoms with Crippen LogP contribution in [0.15, 0.2) is 21.5 Å². The summed E-state index contributed by atoms with van der Waals surface area (Å²) in [5, 5.41) is 8.10. The summed E-state index contributed by atoms with van der Waals surface area (Å²) in [5.41, 5.74) is 0.110. The SMILES string of the molecule is CC1CC(NC(=O)c2cc(S(N)(=O)=O)c(Br)cc2Cl)C1. The second kappa shape index (κ2) is 5.63. The number of nitrogens with two attached hydrogens (primary N) is 1. The Labute approximate surface area is 131 Å². The third kappa shape index (κ3) is 3.33. The van der Waals surface area contributed by atoms with Crippen LogP contribution in [0.5, 0.6) is 0 Å². The Morgan fingerprint density at radius 3 is 2.55 bits per heavy atom. The maximum absolute atomic E-state index is 12.1. The van der Waals surface area contributed by atoms with Crippen molar-refractivity contribution in [3.63, 3.8) is 0 Å². The zero-order valence-corrected chi connectivity index (χ0v) is 13.8. The Kier molecular flexibility index (Phi) is 4.44. The molecule has 0 aliphatic heterocycles. The molecule has 0 spiro atoms. The molecule has 1 saturated carbocycles. The summed E-state index contributed by atoms with van der Waals surface area (Å²) in [4.78, 5) is 12.0. The summed E-state index contributed by atoms with van der Waals surface area (Å²) in [6.07, 6.45) is 1.84. The Bertz CT molecular complexity index is 657. The van der Waals surface area contributed by atoms with Crippen LogP contribution in [0.3, 0.4) is 0 Å². The number of hydrogen-bond acceptors (Lipinski definition) is 3.